The van der Waals surface area contributed by atoms with Crippen molar-refractivity contribution in [3.8, 4) is 50.8 Å². The van der Waals surface area contributed by atoms with Crippen LogP contribution in [-0.2, 0) is 28.1 Å². The minimum absolute atomic E-state index is 0. The molecule has 9 rings (SSSR count). The van der Waals surface area contributed by atoms with Crippen molar-refractivity contribution in [1.82, 2.24) is 29.1 Å². The van der Waals surface area contributed by atoms with Gasteiger partial charge in [-0.3, -0.25) is 15.0 Å². The maximum absolute atomic E-state index is 5.01. The molecular weight excluding hydrogens is 772 g/mol. The van der Waals surface area contributed by atoms with Crippen molar-refractivity contribution >= 4 is 32.8 Å². The van der Waals surface area contributed by atoms with Crippen LogP contribution in [0.25, 0.3) is 83.7 Å². The quantitative estimate of drug-likeness (QED) is 0.163. The molecule has 0 amide bonds. The number of aromatic nitrogens is 6. The van der Waals surface area contributed by atoms with E-state index in [1.165, 1.54) is 0 Å². The molecule has 7 heteroatoms. The molecule has 0 aliphatic rings. The molecule has 0 fully saturated rings. The predicted molar refractivity (Wildman–Crippen MR) is 188 cm³/mol. The van der Waals surface area contributed by atoms with E-state index in [1.54, 1.807) is 0 Å². The zero-order chi connectivity index (χ0) is 31.3. The fourth-order valence-corrected chi connectivity index (χ4v) is 6.44. The number of para-hydroxylation sites is 2. The Bertz CT molecular complexity index is 2570. The summed E-state index contributed by atoms with van der Waals surface area (Å²) in [5, 5.41) is 2.17. The summed E-state index contributed by atoms with van der Waals surface area (Å²) in [5.74, 6) is 0.857. The first kappa shape index (κ1) is 29.7. The number of hydrogen-bond donors (Lipinski definition) is 0. The molecule has 0 aliphatic carbocycles. The molecule has 0 atom stereocenters. The molecule has 0 saturated carbocycles. The Balaban J connectivity index is 0.00000336. The minimum Gasteiger partial charge on any atom is -0.367 e. The molecule has 4 aromatic carbocycles. The molecule has 5 heterocycles. The topological polar surface area (TPSA) is 61.4 Å². The standard InChI is InChI=1S/C41H26N6.Pt/c1-46-38-14-3-2-13-36(38)45-41(46)29-16-18-30-32-24-27(33-10-4-7-21-42-33)17-20-37(32)47(39(30)26-29)40-25-28(34-11-5-8-22-43-34)15-19-31(40)35-12-6-9-23-44-35;/h2-24H,1H3;/q-2;+2. The van der Waals surface area contributed by atoms with E-state index in [9.17, 15) is 0 Å². The molecule has 0 N–H and O–H groups in total. The molecule has 0 radical (unpaired) electrons. The van der Waals surface area contributed by atoms with E-state index in [-0.39, 0.29) is 21.1 Å². The van der Waals surface area contributed by atoms with Gasteiger partial charge in [0.1, 0.15) is 0 Å². The second kappa shape index (κ2) is 12.1. The van der Waals surface area contributed by atoms with E-state index in [2.05, 4.69) is 86.8 Å². The van der Waals surface area contributed by atoms with Gasteiger partial charge in [-0.15, -0.1) is 47.5 Å². The molecule has 6 nitrogen and oxygen atoms in total. The van der Waals surface area contributed by atoms with E-state index in [4.69, 9.17) is 9.97 Å². The Kier molecular flexibility index (Phi) is 7.51. The predicted octanol–water partition coefficient (Wildman–Crippen LogP) is 9.12. The number of pyridine rings is 3. The third kappa shape index (κ3) is 4.93. The maximum Gasteiger partial charge on any atom is 2.00 e. The molecule has 0 aliphatic heterocycles. The van der Waals surface area contributed by atoms with Crippen LogP contribution < -0.4 is 0 Å². The molecule has 0 bridgehead atoms. The van der Waals surface area contributed by atoms with Gasteiger partial charge >= 0.3 is 21.1 Å². The summed E-state index contributed by atoms with van der Waals surface area (Å²) >= 11 is 0. The second-order valence-corrected chi connectivity index (χ2v) is 11.5. The molecule has 0 spiro atoms. The van der Waals surface area contributed by atoms with E-state index >= 15 is 0 Å². The van der Waals surface area contributed by atoms with Gasteiger partial charge in [0, 0.05) is 42.4 Å². The van der Waals surface area contributed by atoms with Crippen LogP contribution in [0, 0.1) is 12.1 Å². The van der Waals surface area contributed by atoms with Gasteiger partial charge in [0.15, 0.2) is 0 Å². The number of fused-ring (bicyclic) bond motifs is 4. The van der Waals surface area contributed by atoms with Gasteiger partial charge in [0.2, 0.25) is 0 Å². The van der Waals surface area contributed by atoms with Gasteiger partial charge in [-0.25, -0.2) is 0 Å². The third-order valence-corrected chi connectivity index (χ3v) is 8.69. The van der Waals surface area contributed by atoms with Crippen LogP contribution in [0.3, 0.4) is 0 Å². The van der Waals surface area contributed by atoms with Crippen LogP contribution in [0.1, 0.15) is 0 Å². The maximum atomic E-state index is 5.01. The van der Waals surface area contributed by atoms with Crippen molar-refractivity contribution in [1.29, 1.82) is 0 Å². The number of hydrogen-bond acceptors (Lipinski definition) is 4. The van der Waals surface area contributed by atoms with Crippen molar-refractivity contribution in [2.45, 2.75) is 0 Å². The zero-order valence-corrected chi connectivity index (χ0v) is 28.1. The summed E-state index contributed by atoms with van der Waals surface area (Å²) in [4.78, 5) is 19.0. The first-order valence-electron chi connectivity index (χ1n) is 15.5. The third-order valence-electron chi connectivity index (χ3n) is 8.69. The van der Waals surface area contributed by atoms with Crippen molar-refractivity contribution in [3.05, 3.63) is 152 Å². The Hall–Kier alpha value is -5.71. The van der Waals surface area contributed by atoms with Crippen LogP contribution in [0.2, 0.25) is 0 Å². The number of benzene rings is 4. The van der Waals surface area contributed by atoms with Gasteiger partial charge < -0.3 is 14.1 Å². The van der Waals surface area contributed by atoms with Crippen molar-refractivity contribution < 1.29 is 21.1 Å². The summed E-state index contributed by atoms with van der Waals surface area (Å²) < 4.78 is 4.39. The van der Waals surface area contributed by atoms with Crippen LogP contribution in [0.4, 0.5) is 0 Å². The molecule has 230 valence electrons. The summed E-state index contributed by atoms with van der Waals surface area (Å²) in [6, 6.07) is 48.7. The smallest absolute Gasteiger partial charge is 0.367 e. The minimum atomic E-state index is 0. The van der Waals surface area contributed by atoms with E-state index in [0.29, 0.717) is 0 Å². The summed E-state index contributed by atoms with van der Waals surface area (Å²) in [6.07, 6.45) is 5.47. The monoisotopic (exact) mass is 797 g/mol. The molecule has 5 aromatic heterocycles. The number of aryl methyl sites for hydroxylation is 1. The van der Waals surface area contributed by atoms with E-state index < -0.39 is 0 Å². The van der Waals surface area contributed by atoms with Crippen molar-refractivity contribution in [3.63, 3.8) is 0 Å². The molecule has 9 aromatic rings. The number of rotatable bonds is 5. The molecule has 0 unspecified atom stereocenters. The van der Waals surface area contributed by atoms with Crippen LogP contribution in [-0.4, -0.2) is 29.1 Å². The average molecular weight is 798 g/mol. The van der Waals surface area contributed by atoms with Crippen molar-refractivity contribution in [2.24, 2.45) is 7.05 Å². The summed E-state index contributed by atoms with van der Waals surface area (Å²) in [7, 11) is 2.06. The average Bonchev–Trinajstić information content (AvgIpc) is 3.66. The molecule has 48 heavy (non-hydrogen) atoms. The first-order valence-corrected chi connectivity index (χ1v) is 15.5. The number of nitrogens with zero attached hydrogens (tertiary/aromatic N) is 6. The summed E-state index contributed by atoms with van der Waals surface area (Å²) in [6.45, 7) is 0. The first-order chi connectivity index (χ1) is 23.2. The Morgan fingerprint density at radius 1 is 0.562 bits per heavy atom. The Morgan fingerprint density at radius 3 is 1.98 bits per heavy atom. The van der Waals surface area contributed by atoms with Gasteiger partial charge in [0.25, 0.3) is 0 Å². The zero-order valence-electron chi connectivity index (χ0n) is 25.8. The summed E-state index contributed by atoms with van der Waals surface area (Å²) in [5.41, 5.74) is 11.3. The largest absolute Gasteiger partial charge is 2.00 e. The van der Waals surface area contributed by atoms with Gasteiger partial charge in [0.05, 0.1) is 22.6 Å². The Labute approximate surface area is 291 Å². The number of imidazole rings is 1. The van der Waals surface area contributed by atoms with Gasteiger partial charge in [-0.05, 0) is 70.8 Å². The van der Waals surface area contributed by atoms with Gasteiger partial charge in [-0.1, -0.05) is 59.5 Å². The second-order valence-electron chi connectivity index (χ2n) is 11.5. The molecule has 0 saturated heterocycles. The van der Waals surface area contributed by atoms with Crippen LogP contribution >= 0.6 is 0 Å². The van der Waals surface area contributed by atoms with Crippen molar-refractivity contribution in [2.75, 3.05) is 0 Å². The molecular formula is C41H26N6Pt. The van der Waals surface area contributed by atoms with Crippen LogP contribution in [0.5, 0.6) is 0 Å². The Morgan fingerprint density at radius 2 is 1.25 bits per heavy atom. The fourth-order valence-electron chi connectivity index (χ4n) is 6.44. The normalized spacial score (nSPS) is 11.3. The van der Waals surface area contributed by atoms with E-state index in [0.717, 1.165) is 83.7 Å². The van der Waals surface area contributed by atoms with Gasteiger partial charge in [-0.2, -0.15) is 0 Å². The SMILES string of the molecule is Cn1c(-c2[c-]c3c(cc2)c2cc(-c4ccccn4)ccc2n3-c2[c-]c(-c3ccccn3)ccc2-c2ccccn2)nc2ccccc21.[Pt+2]. The van der Waals surface area contributed by atoms with E-state index in [1.807, 2.05) is 91.4 Å². The fraction of sp³-hybridized carbons (Fsp3) is 0.0244. The van der Waals surface area contributed by atoms with Crippen LogP contribution in [0.15, 0.2) is 140 Å².